The Morgan fingerprint density at radius 1 is 0.560 bits per heavy atom. The van der Waals surface area contributed by atoms with Gasteiger partial charge in [-0.1, -0.05) is 114 Å². The number of rotatable bonds is 10. The normalized spacial score (nSPS) is 14.1. The van der Waals surface area contributed by atoms with Gasteiger partial charge in [-0.05, 0) is 100 Å². The molecule has 50 heavy (non-hydrogen) atoms. The van der Waals surface area contributed by atoms with Gasteiger partial charge in [0.05, 0.1) is 0 Å². The summed E-state index contributed by atoms with van der Waals surface area (Å²) in [5, 5.41) is 2.69. The number of aromatic nitrogens is 1. The van der Waals surface area contributed by atoms with Gasteiger partial charge in [0, 0.05) is 33.1 Å². The monoisotopic (exact) mass is 653 g/mol. The molecule has 6 aromatic rings. The average molecular weight is 653 g/mol. The molecule has 0 saturated heterocycles. The minimum absolute atomic E-state index is 0.102. The van der Waals surface area contributed by atoms with Crippen LogP contribution in [0.4, 0.5) is 0 Å². The van der Waals surface area contributed by atoms with E-state index in [9.17, 15) is 0 Å². The third kappa shape index (κ3) is 3.95. The van der Waals surface area contributed by atoms with E-state index in [1.165, 1.54) is 123 Å². The number of nitrogens with zero attached hydrogens (tertiary/aromatic N) is 1. The van der Waals surface area contributed by atoms with Crippen molar-refractivity contribution >= 4 is 68.0 Å². The van der Waals surface area contributed by atoms with Crippen molar-refractivity contribution in [3.05, 3.63) is 89.5 Å². The molecule has 0 spiro atoms. The molecule has 5 heteroatoms. The van der Waals surface area contributed by atoms with E-state index in [1.54, 1.807) is 0 Å². The third-order valence-electron chi connectivity index (χ3n) is 12.6. The van der Waals surface area contributed by atoms with Crippen molar-refractivity contribution in [2.75, 3.05) is 0 Å². The summed E-state index contributed by atoms with van der Waals surface area (Å²) in [7, 11) is 0. The van der Waals surface area contributed by atoms with Crippen LogP contribution in [0.15, 0.2) is 72.8 Å². The first kappa shape index (κ1) is 30.5. The first-order valence-corrected chi connectivity index (χ1v) is 19.5. The summed E-state index contributed by atoms with van der Waals surface area (Å²) >= 11 is 0. The lowest BCUT2D eigenvalue weighted by Gasteiger charge is -2.41. The molecule has 5 aromatic carbocycles. The van der Waals surface area contributed by atoms with Gasteiger partial charge in [0.2, 0.25) is 0 Å². The van der Waals surface area contributed by atoms with E-state index in [0.717, 1.165) is 28.6 Å². The smallest absolute Gasteiger partial charge is 0.256 e. The number of para-hydroxylation sites is 2. The zero-order valence-corrected chi connectivity index (χ0v) is 30.2. The fourth-order valence-electron chi connectivity index (χ4n) is 10.6. The van der Waals surface area contributed by atoms with Crippen LogP contribution < -0.4 is 42.3 Å². The number of benzene rings is 5. The second-order valence-corrected chi connectivity index (χ2v) is 15.5. The second kappa shape index (κ2) is 11.3. The summed E-state index contributed by atoms with van der Waals surface area (Å²) < 4.78 is 16.8. The number of hydrogen-bond acceptors (Lipinski definition) is 2. The second-order valence-electron chi connectivity index (χ2n) is 15.5. The maximum absolute atomic E-state index is 7.09. The summed E-state index contributed by atoms with van der Waals surface area (Å²) in [6.07, 6.45) is 9.67. The van der Waals surface area contributed by atoms with Gasteiger partial charge in [0.15, 0.2) is 0 Å². The maximum atomic E-state index is 7.09. The highest BCUT2D eigenvalue weighted by molar-refractivity contribution is 7.03. The summed E-state index contributed by atoms with van der Waals surface area (Å²) in [6.45, 7) is 11.7. The minimum Gasteiger partial charge on any atom is -0.458 e. The Balaban J connectivity index is 1.29. The van der Waals surface area contributed by atoms with Crippen molar-refractivity contribution in [3.8, 4) is 28.7 Å². The lowest BCUT2D eigenvalue weighted by atomic mass is 9.30. The van der Waals surface area contributed by atoms with Gasteiger partial charge in [-0.15, -0.1) is 0 Å². The summed E-state index contributed by atoms with van der Waals surface area (Å²) in [6, 6.07) is 28.3. The van der Waals surface area contributed by atoms with Crippen molar-refractivity contribution in [2.24, 2.45) is 0 Å². The minimum atomic E-state index is 0.102. The van der Waals surface area contributed by atoms with Crippen molar-refractivity contribution < 1.29 is 9.47 Å². The Kier molecular flexibility index (Phi) is 6.89. The Morgan fingerprint density at radius 2 is 1.00 bits per heavy atom. The molecule has 0 unspecified atom stereocenters. The molecule has 248 valence electrons. The Labute approximate surface area is 297 Å². The highest BCUT2D eigenvalue weighted by Crippen LogP contribution is 2.45. The van der Waals surface area contributed by atoms with Crippen molar-refractivity contribution in [1.29, 1.82) is 0 Å². The molecule has 0 bridgehead atoms. The SMILES string of the molecule is CCCC(CCC)c1ccc2c(c1)B1c3c(c(C)c4c5c3-n3c6c1cccc6c1cccc(c13)B5c1cc(C(CCC)CCC)ccc1O4)O2. The van der Waals surface area contributed by atoms with Gasteiger partial charge < -0.3 is 14.0 Å². The summed E-state index contributed by atoms with van der Waals surface area (Å²) in [5.74, 6) is 5.08. The first-order chi connectivity index (χ1) is 24.6. The van der Waals surface area contributed by atoms with Crippen LogP contribution in [-0.2, 0) is 0 Å². The number of fused-ring (bicyclic) bond motifs is 7. The van der Waals surface area contributed by atoms with Gasteiger partial charge in [0.25, 0.3) is 13.4 Å². The van der Waals surface area contributed by atoms with Crippen LogP contribution in [0, 0.1) is 6.92 Å². The largest absolute Gasteiger partial charge is 0.458 e. The van der Waals surface area contributed by atoms with Crippen molar-refractivity contribution in [3.63, 3.8) is 0 Å². The van der Waals surface area contributed by atoms with Gasteiger partial charge in [0.1, 0.15) is 23.0 Å². The predicted molar refractivity (Wildman–Crippen MR) is 213 cm³/mol. The van der Waals surface area contributed by atoms with E-state index in [-0.39, 0.29) is 13.4 Å². The number of hydrogen-bond donors (Lipinski definition) is 0. The number of ether oxygens (including phenoxy) is 2. The van der Waals surface area contributed by atoms with E-state index >= 15 is 0 Å². The molecule has 0 aliphatic carbocycles. The van der Waals surface area contributed by atoms with E-state index in [1.807, 2.05) is 0 Å². The molecule has 4 aliphatic rings. The van der Waals surface area contributed by atoms with Crippen LogP contribution in [0.3, 0.4) is 0 Å². The van der Waals surface area contributed by atoms with E-state index in [0.29, 0.717) is 11.8 Å². The van der Waals surface area contributed by atoms with Gasteiger partial charge >= 0.3 is 0 Å². The van der Waals surface area contributed by atoms with Crippen LogP contribution in [0.1, 0.15) is 108 Å². The zero-order chi connectivity index (χ0) is 33.8. The Bertz CT molecular complexity index is 2220. The van der Waals surface area contributed by atoms with Crippen LogP contribution in [0.2, 0.25) is 0 Å². The lowest BCUT2D eigenvalue weighted by Crippen LogP contribution is -2.65. The fourth-order valence-corrected chi connectivity index (χ4v) is 10.6. The van der Waals surface area contributed by atoms with E-state index in [4.69, 9.17) is 9.47 Å². The third-order valence-corrected chi connectivity index (χ3v) is 12.6. The zero-order valence-electron chi connectivity index (χ0n) is 30.2. The van der Waals surface area contributed by atoms with Crippen LogP contribution in [-0.4, -0.2) is 18.0 Å². The molecule has 0 fully saturated rings. The Hall–Kier alpha value is -4.37. The first-order valence-electron chi connectivity index (χ1n) is 19.5. The van der Waals surface area contributed by atoms with Gasteiger partial charge in [-0.3, -0.25) is 0 Å². The molecule has 1 aromatic heterocycles. The molecular weight excluding hydrogens is 608 g/mol. The molecule has 0 amide bonds. The molecule has 0 atom stereocenters. The molecule has 3 nitrogen and oxygen atoms in total. The molecule has 0 radical (unpaired) electrons. The maximum Gasteiger partial charge on any atom is 0.256 e. The molecule has 10 rings (SSSR count). The van der Waals surface area contributed by atoms with Crippen LogP contribution in [0.25, 0.3) is 27.5 Å². The quantitative estimate of drug-likeness (QED) is 0.139. The Morgan fingerprint density at radius 3 is 1.42 bits per heavy atom. The van der Waals surface area contributed by atoms with E-state index < -0.39 is 0 Å². The molecule has 0 saturated carbocycles. The summed E-state index contributed by atoms with van der Waals surface area (Å²) in [5.41, 5.74) is 16.1. The van der Waals surface area contributed by atoms with Crippen molar-refractivity contribution in [1.82, 2.24) is 4.57 Å². The molecule has 0 N–H and O–H groups in total. The highest BCUT2D eigenvalue weighted by Gasteiger charge is 2.50. The standard InChI is InChI=1S/C45H45B2NO2/c1-6-12-27(13-7-2)29-20-22-37-35(24-29)46-33-18-10-16-31-32-17-11-19-34-42(32)48(41(31)33)43-39(46)44(49-37)26(5)45-40(43)47(34)36-25-30(21-23-38(36)50-45)28(14-8-3)15-9-4/h10-11,16-25,27-28H,6-9,12-15H2,1-5H3. The van der Waals surface area contributed by atoms with Crippen LogP contribution in [0.5, 0.6) is 23.0 Å². The predicted octanol–water partition coefficient (Wildman–Crippen LogP) is 8.33. The van der Waals surface area contributed by atoms with Gasteiger partial charge in [-0.2, -0.15) is 0 Å². The van der Waals surface area contributed by atoms with Crippen LogP contribution >= 0.6 is 0 Å². The topological polar surface area (TPSA) is 23.4 Å². The average Bonchev–Trinajstić information content (AvgIpc) is 3.49. The van der Waals surface area contributed by atoms with E-state index in [2.05, 4.69) is 112 Å². The molecule has 4 aliphatic heterocycles. The molecular formula is C45H45B2NO2. The molecule has 5 heterocycles. The van der Waals surface area contributed by atoms with Gasteiger partial charge in [-0.25, -0.2) is 0 Å². The van der Waals surface area contributed by atoms with Crippen molar-refractivity contribution in [2.45, 2.75) is 97.8 Å². The summed E-state index contributed by atoms with van der Waals surface area (Å²) in [4.78, 5) is 0. The fraction of sp³-hybridized carbons (Fsp3) is 0.333. The lowest BCUT2D eigenvalue weighted by molar-refractivity contribution is 0.458. The highest BCUT2D eigenvalue weighted by atomic mass is 16.5.